The van der Waals surface area contributed by atoms with E-state index in [-0.39, 0.29) is 29.7 Å². The average molecular weight is 489 g/mol. The number of nitriles is 1. The molecule has 194 valence electrons. The van der Waals surface area contributed by atoms with E-state index in [4.69, 9.17) is 4.74 Å². The minimum atomic E-state index is -1.27. The van der Waals surface area contributed by atoms with Gasteiger partial charge in [-0.15, -0.1) is 0 Å². The van der Waals surface area contributed by atoms with Gasteiger partial charge in [-0.2, -0.15) is 5.26 Å². The number of phenolic OH excluding ortho intramolecular Hbond substituents is 1. The summed E-state index contributed by atoms with van der Waals surface area (Å²) < 4.78 is 5.33. The molecule has 0 fully saturated rings. The number of nitrogens with one attached hydrogen (secondary N) is 2. The van der Waals surface area contributed by atoms with Crippen molar-refractivity contribution in [2.45, 2.75) is 91.5 Å². The highest BCUT2D eigenvalue weighted by Gasteiger charge is 2.37. The molecule has 0 saturated heterocycles. The van der Waals surface area contributed by atoms with Crippen molar-refractivity contribution in [3.05, 3.63) is 29.8 Å². The summed E-state index contributed by atoms with van der Waals surface area (Å²) in [5.74, 6) is -1.29. The van der Waals surface area contributed by atoms with Gasteiger partial charge in [-0.25, -0.2) is 4.79 Å². The molecule has 0 bridgehead atoms. The van der Waals surface area contributed by atoms with Crippen LogP contribution in [0.15, 0.2) is 24.3 Å². The molecule has 0 aromatic heterocycles. The molecule has 0 aliphatic carbocycles. The number of nitrogens with zero attached hydrogens (tertiary/aromatic N) is 2. The molecule has 0 heterocycles. The predicted molar refractivity (Wildman–Crippen MR) is 133 cm³/mol. The van der Waals surface area contributed by atoms with E-state index in [1.165, 1.54) is 6.07 Å². The van der Waals surface area contributed by atoms with Crippen molar-refractivity contribution in [3.63, 3.8) is 0 Å². The van der Waals surface area contributed by atoms with Crippen LogP contribution in [0.3, 0.4) is 0 Å². The molecule has 0 spiro atoms. The Morgan fingerprint density at radius 2 is 1.77 bits per heavy atom. The Kier molecular flexibility index (Phi) is 11.5. The molecule has 0 radical (unpaired) electrons. The first-order chi connectivity index (χ1) is 16.3. The molecule has 3 N–H and O–H groups in total. The summed E-state index contributed by atoms with van der Waals surface area (Å²) >= 11 is 0. The van der Waals surface area contributed by atoms with Crippen LogP contribution in [0, 0.1) is 17.2 Å². The molecule has 3 unspecified atom stereocenters. The van der Waals surface area contributed by atoms with Gasteiger partial charge >= 0.3 is 6.09 Å². The van der Waals surface area contributed by atoms with Gasteiger partial charge in [0.25, 0.3) is 0 Å². The maximum Gasteiger partial charge on any atom is 0.408 e. The molecule has 9 nitrogen and oxygen atoms in total. The Morgan fingerprint density at radius 1 is 1.14 bits per heavy atom. The summed E-state index contributed by atoms with van der Waals surface area (Å²) in [5.41, 5.74) is -0.576. The van der Waals surface area contributed by atoms with E-state index in [1.807, 2.05) is 33.8 Å². The van der Waals surface area contributed by atoms with Gasteiger partial charge in [-0.3, -0.25) is 9.59 Å². The minimum Gasteiger partial charge on any atom is -0.508 e. The maximum absolute atomic E-state index is 13.8. The molecule has 1 aromatic carbocycles. The first-order valence-corrected chi connectivity index (χ1v) is 12.1. The monoisotopic (exact) mass is 488 g/mol. The second kappa shape index (κ2) is 13.6. The lowest BCUT2D eigenvalue weighted by molar-refractivity contribution is -0.142. The van der Waals surface area contributed by atoms with E-state index in [9.17, 15) is 24.8 Å². The minimum absolute atomic E-state index is 0.0183. The molecule has 0 aliphatic heterocycles. The van der Waals surface area contributed by atoms with Crippen LogP contribution in [-0.4, -0.2) is 52.1 Å². The van der Waals surface area contributed by atoms with Gasteiger partial charge in [0.2, 0.25) is 11.8 Å². The van der Waals surface area contributed by atoms with Gasteiger partial charge in [0.1, 0.15) is 30.0 Å². The largest absolute Gasteiger partial charge is 0.508 e. The van der Waals surface area contributed by atoms with Crippen LogP contribution in [0.4, 0.5) is 4.79 Å². The summed E-state index contributed by atoms with van der Waals surface area (Å²) in [5, 5.41) is 25.6. The number of benzene rings is 1. The number of rotatable bonds is 11. The molecule has 0 aliphatic rings. The third-order valence-electron chi connectivity index (χ3n) is 5.12. The zero-order chi connectivity index (χ0) is 26.8. The summed E-state index contributed by atoms with van der Waals surface area (Å²) in [6, 6.07) is 5.69. The normalized spacial score (nSPS) is 13.8. The lowest BCUT2D eigenvalue weighted by Gasteiger charge is -2.34. The second-order valence-electron chi connectivity index (χ2n) is 10.1. The van der Waals surface area contributed by atoms with E-state index in [1.54, 1.807) is 39.0 Å². The lowest BCUT2D eigenvalue weighted by atomic mass is 9.98. The van der Waals surface area contributed by atoms with Crippen LogP contribution in [-0.2, 0) is 14.3 Å². The lowest BCUT2D eigenvalue weighted by Crippen LogP contribution is -2.54. The highest BCUT2D eigenvalue weighted by atomic mass is 16.6. The van der Waals surface area contributed by atoms with Gasteiger partial charge in [-0.1, -0.05) is 45.4 Å². The third-order valence-corrected chi connectivity index (χ3v) is 5.12. The van der Waals surface area contributed by atoms with Crippen LogP contribution in [0.5, 0.6) is 5.75 Å². The molecule has 1 aromatic rings. The number of para-hydroxylation sites is 1. The van der Waals surface area contributed by atoms with Gasteiger partial charge < -0.3 is 25.4 Å². The fourth-order valence-corrected chi connectivity index (χ4v) is 3.71. The molecule has 3 amide bonds. The fraction of sp³-hybridized carbons (Fsp3) is 0.615. The van der Waals surface area contributed by atoms with Crippen LogP contribution >= 0.6 is 0 Å². The summed E-state index contributed by atoms with van der Waals surface area (Å²) in [6.07, 6.45) is 1.07. The molecular weight excluding hydrogens is 448 g/mol. The Labute approximate surface area is 208 Å². The molecule has 1 rings (SSSR count). The summed E-state index contributed by atoms with van der Waals surface area (Å²) in [4.78, 5) is 40.8. The zero-order valence-corrected chi connectivity index (χ0v) is 21.9. The number of alkyl carbamates (subject to hydrolysis) is 1. The smallest absolute Gasteiger partial charge is 0.408 e. The zero-order valence-electron chi connectivity index (χ0n) is 21.9. The quantitative estimate of drug-likeness (QED) is 0.403. The second-order valence-corrected chi connectivity index (χ2v) is 10.1. The summed E-state index contributed by atoms with van der Waals surface area (Å²) in [6.45, 7) is 12.4. The number of carbonyl (C=O) groups is 3. The maximum atomic E-state index is 13.8. The number of ether oxygens (including phenoxy) is 1. The van der Waals surface area contributed by atoms with Crippen LogP contribution in [0.2, 0.25) is 0 Å². The van der Waals surface area contributed by atoms with E-state index in [0.29, 0.717) is 0 Å². The fourth-order valence-electron chi connectivity index (χ4n) is 3.71. The number of carbonyl (C=O) groups excluding carboxylic acids is 3. The Morgan fingerprint density at radius 3 is 2.29 bits per heavy atom. The third kappa shape index (κ3) is 9.85. The average Bonchev–Trinajstić information content (AvgIpc) is 2.72. The van der Waals surface area contributed by atoms with E-state index >= 15 is 0 Å². The number of amides is 3. The number of aromatic hydroxyl groups is 1. The highest BCUT2D eigenvalue weighted by Crippen LogP contribution is 2.30. The van der Waals surface area contributed by atoms with Gasteiger partial charge in [0.15, 0.2) is 0 Å². The van der Waals surface area contributed by atoms with Gasteiger partial charge in [0, 0.05) is 11.6 Å². The van der Waals surface area contributed by atoms with Crippen molar-refractivity contribution in [2.24, 2.45) is 5.92 Å². The SMILES string of the molecule is CCCC(C)NC(=O)C(c1ccccc1O)N(CC#N)C(=O)C(CC(C)C)NC(=O)OC(C)(C)C. The van der Waals surface area contributed by atoms with E-state index in [2.05, 4.69) is 10.6 Å². The van der Waals surface area contributed by atoms with E-state index in [0.717, 1.165) is 17.7 Å². The van der Waals surface area contributed by atoms with Crippen molar-refractivity contribution >= 4 is 17.9 Å². The van der Waals surface area contributed by atoms with Crippen molar-refractivity contribution in [1.82, 2.24) is 15.5 Å². The standard InChI is InChI=1S/C26H40N4O5/c1-8-11-18(4)28-23(32)22(19-12-9-10-13-21(19)31)30(15-14-27)24(33)20(16-17(2)3)29-25(34)35-26(5,6)7/h9-10,12-13,17-18,20,22,31H,8,11,15-16H2,1-7H3,(H,28,32)(H,29,34). The Balaban J connectivity index is 3.45. The van der Waals surface area contributed by atoms with Crippen molar-refractivity contribution in [2.75, 3.05) is 6.54 Å². The Bertz CT molecular complexity index is 904. The topological polar surface area (TPSA) is 132 Å². The molecule has 3 atom stereocenters. The summed E-state index contributed by atoms with van der Waals surface area (Å²) in [7, 11) is 0. The molecule has 35 heavy (non-hydrogen) atoms. The first-order valence-electron chi connectivity index (χ1n) is 12.1. The molecule has 9 heteroatoms. The van der Waals surface area contributed by atoms with Gasteiger partial charge in [-0.05, 0) is 52.5 Å². The van der Waals surface area contributed by atoms with Gasteiger partial charge in [0.05, 0.1) is 6.07 Å². The van der Waals surface area contributed by atoms with Crippen molar-refractivity contribution in [1.29, 1.82) is 5.26 Å². The number of hydrogen-bond donors (Lipinski definition) is 3. The van der Waals surface area contributed by atoms with Crippen molar-refractivity contribution < 1.29 is 24.2 Å². The number of phenols is 1. The molecule has 0 saturated carbocycles. The highest BCUT2D eigenvalue weighted by molar-refractivity contribution is 5.92. The molecular formula is C26H40N4O5. The van der Waals surface area contributed by atoms with E-state index < -0.39 is 42.1 Å². The van der Waals surface area contributed by atoms with Crippen LogP contribution in [0.25, 0.3) is 0 Å². The van der Waals surface area contributed by atoms with Crippen LogP contribution in [0.1, 0.15) is 79.3 Å². The first kappa shape index (κ1) is 29.8. The predicted octanol–water partition coefficient (Wildman–Crippen LogP) is 4.03. The number of hydrogen-bond acceptors (Lipinski definition) is 6. The van der Waals surface area contributed by atoms with Crippen LogP contribution < -0.4 is 10.6 Å². The Hall–Kier alpha value is -3.28. The van der Waals surface area contributed by atoms with Crippen molar-refractivity contribution in [3.8, 4) is 11.8 Å².